The Bertz CT molecular complexity index is 547. The molecule has 0 bridgehead atoms. The van der Waals surface area contributed by atoms with Crippen molar-refractivity contribution >= 4 is 29.3 Å². The van der Waals surface area contributed by atoms with Gasteiger partial charge in [-0.05, 0) is 13.0 Å². The van der Waals surface area contributed by atoms with E-state index in [2.05, 4.69) is 5.32 Å². The summed E-state index contributed by atoms with van der Waals surface area (Å²) in [6.07, 6.45) is 0. The number of aliphatic carboxylic acids is 1. The van der Waals surface area contributed by atoms with Crippen molar-refractivity contribution in [3.8, 4) is 0 Å². The van der Waals surface area contributed by atoms with Gasteiger partial charge in [-0.1, -0.05) is 12.1 Å². The van der Waals surface area contributed by atoms with Gasteiger partial charge in [-0.3, -0.25) is 14.9 Å². The van der Waals surface area contributed by atoms with E-state index in [1.165, 1.54) is 6.92 Å². The van der Waals surface area contributed by atoms with Crippen molar-refractivity contribution in [2.75, 3.05) is 5.75 Å². The Labute approximate surface area is 119 Å². The highest BCUT2D eigenvalue weighted by atomic mass is 32.2. The molecule has 0 radical (unpaired) electrons. The molecule has 2 N–H and O–H groups in total. The number of rotatable bonds is 6. The molecule has 8 heteroatoms. The largest absolute Gasteiger partial charge is 0.480 e. The van der Waals surface area contributed by atoms with Crippen molar-refractivity contribution in [1.29, 1.82) is 0 Å². The summed E-state index contributed by atoms with van der Waals surface area (Å²) in [5.41, 5.74) is 0.468. The maximum Gasteiger partial charge on any atom is 0.327 e. The van der Waals surface area contributed by atoms with Gasteiger partial charge in [0.2, 0.25) is 5.91 Å². The SMILES string of the molecule is CC(=O)N[C@@H](CSc1cccc(C)c1[N+](=O)[O-])C(=O)O. The normalized spacial score (nSPS) is 11.7. The van der Waals surface area contributed by atoms with E-state index in [9.17, 15) is 19.7 Å². The molecule has 0 saturated heterocycles. The molecule has 1 atom stereocenters. The highest BCUT2D eigenvalue weighted by molar-refractivity contribution is 7.99. The van der Waals surface area contributed by atoms with Crippen LogP contribution in [0.25, 0.3) is 0 Å². The summed E-state index contributed by atoms with van der Waals surface area (Å²) in [5.74, 6) is -1.63. The van der Waals surface area contributed by atoms with Crippen LogP contribution in [0, 0.1) is 17.0 Å². The molecule has 0 fully saturated rings. The number of nitrogens with one attached hydrogen (secondary N) is 1. The predicted molar refractivity (Wildman–Crippen MR) is 73.8 cm³/mol. The number of hydrogen-bond acceptors (Lipinski definition) is 5. The smallest absolute Gasteiger partial charge is 0.327 e. The third-order valence-corrected chi connectivity index (χ3v) is 3.60. The molecular weight excluding hydrogens is 284 g/mol. The fraction of sp³-hybridized carbons (Fsp3) is 0.333. The molecule has 1 rings (SSSR count). The van der Waals surface area contributed by atoms with Crippen LogP contribution in [0.4, 0.5) is 5.69 Å². The number of hydrogen-bond donors (Lipinski definition) is 2. The Hall–Kier alpha value is -2.09. The van der Waals surface area contributed by atoms with Crippen molar-refractivity contribution in [2.24, 2.45) is 0 Å². The van der Waals surface area contributed by atoms with Crippen LogP contribution in [0.15, 0.2) is 23.1 Å². The number of para-hydroxylation sites is 1. The predicted octanol–water partition coefficient (Wildman–Crippen LogP) is 1.58. The Balaban J connectivity index is 2.88. The number of nitrogens with zero attached hydrogens (tertiary/aromatic N) is 1. The Morgan fingerprint density at radius 3 is 2.65 bits per heavy atom. The monoisotopic (exact) mass is 298 g/mol. The summed E-state index contributed by atoms with van der Waals surface area (Å²) < 4.78 is 0. The third-order valence-electron chi connectivity index (χ3n) is 2.46. The summed E-state index contributed by atoms with van der Waals surface area (Å²) in [4.78, 5) is 32.8. The van der Waals surface area contributed by atoms with Gasteiger partial charge in [0.15, 0.2) is 0 Å². The average Bonchev–Trinajstić information content (AvgIpc) is 2.33. The highest BCUT2D eigenvalue weighted by Gasteiger charge is 2.22. The Morgan fingerprint density at radius 2 is 2.15 bits per heavy atom. The molecule has 7 nitrogen and oxygen atoms in total. The van der Waals surface area contributed by atoms with Gasteiger partial charge in [-0.25, -0.2) is 4.79 Å². The van der Waals surface area contributed by atoms with Crippen molar-refractivity contribution < 1.29 is 19.6 Å². The molecule has 1 aromatic carbocycles. The number of carboxylic acids is 1. The van der Waals surface area contributed by atoms with E-state index in [0.29, 0.717) is 10.5 Å². The lowest BCUT2D eigenvalue weighted by atomic mass is 10.2. The van der Waals surface area contributed by atoms with Gasteiger partial charge in [0.1, 0.15) is 6.04 Å². The van der Waals surface area contributed by atoms with Gasteiger partial charge in [0.25, 0.3) is 5.69 Å². The van der Waals surface area contributed by atoms with Crippen LogP contribution < -0.4 is 5.32 Å². The molecule has 1 aromatic rings. The van der Waals surface area contributed by atoms with Gasteiger partial charge in [0, 0.05) is 18.2 Å². The highest BCUT2D eigenvalue weighted by Crippen LogP contribution is 2.32. The summed E-state index contributed by atoms with van der Waals surface area (Å²) in [6, 6.07) is 3.75. The second-order valence-corrected chi connectivity index (χ2v) is 5.14. The minimum Gasteiger partial charge on any atom is -0.480 e. The molecule has 0 aliphatic heterocycles. The van der Waals surface area contributed by atoms with E-state index in [0.717, 1.165) is 11.8 Å². The number of nitro benzene ring substituents is 1. The lowest BCUT2D eigenvalue weighted by Crippen LogP contribution is -2.41. The molecule has 0 spiro atoms. The summed E-state index contributed by atoms with van der Waals surface area (Å²) >= 11 is 1.03. The van der Waals surface area contributed by atoms with Crippen LogP contribution in [0.5, 0.6) is 0 Å². The zero-order valence-corrected chi connectivity index (χ0v) is 11.8. The van der Waals surface area contributed by atoms with E-state index in [4.69, 9.17) is 5.11 Å². The number of carbonyl (C=O) groups is 2. The number of thioether (sulfide) groups is 1. The van der Waals surface area contributed by atoms with Gasteiger partial charge >= 0.3 is 5.97 Å². The van der Waals surface area contributed by atoms with Crippen LogP contribution >= 0.6 is 11.8 Å². The molecule has 108 valence electrons. The quantitative estimate of drug-likeness (QED) is 0.469. The molecule has 0 aliphatic rings. The minimum atomic E-state index is -1.18. The molecule has 20 heavy (non-hydrogen) atoms. The molecule has 0 aliphatic carbocycles. The molecule has 0 heterocycles. The second kappa shape index (κ2) is 6.90. The summed E-state index contributed by atoms with van der Waals surface area (Å²) in [7, 11) is 0. The maximum absolute atomic E-state index is 11.0. The van der Waals surface area contributed by atoms with Crippen LogP contribution in [0.3, 0.4) is 0 Å². The standard InChI is InChI=1S/C12H14N2O5S/c1-7-4-3-5-10(11(7)14(18)19)20-6-9(12(16)17)13-8(2)15/h3-5,9H,6H2,1-2H3,(H,13,15)(H,16,17)/t9-/m0/s1. The fourth-order valence-corrected chi connectivity index (χ4v) is 2.69. The number of nitro groups is 1. The zero-order valence-electron chi connectivity index (χ0n) is 11.0. The first-order chi connectivity index (χ1) is 9.32. The Kier molecular flexibility index (Phi) is 5.51. The van der Waals surface area contributed by atoms with E-state index < -0.39 is 22.8 Å². The van der Waals surface area contributed by atoms with Gasteiger partial charge in [-0.2, -0.15) is 0 Å². The zero-order chi connectivity index (χ0) is 15.3. The van der Waals surface area contributed by atoms with Crippen molar-refractivity contribution in [1.82, 2.24) is 5.32 Å². The number of aryl methyl sites for hydroxylation is 1. The maximum atomic E-state index is 11.0. The van der Waals surface area contributed by atoms with E-state index in [1.807, 2.05) is 0 Å². The fourth-order valence-electron chi connectivity index (χ4n) is 1.58. The van der Waals surface area contributed by atoms with Crippen LogP contribution in [-0.4, -0.2) is 33.7 Å². The van der Waals surface area contributed by atoms with Crippen LogP contribution in [0.2, 0.25) is 0 Å². The Morgan fingerprint density at radius 1 is 1.50 bits per heavy atom. The van der Waals surface area contributed by atoms with Gasteiger partial charge in [-0.15, -0.1) is 11.8 Å². The first kappa shape index (κ1) is 16.0. The molecule has 0 aromatic heterocycles. The van der Waals surface area contributed by atoms with E-state index in [-0.39, 0.29) is 11.4 Å². The van der Waals surface area contributed by atoms with Crippen molar-refractivity contribution in [3.63, 3.8) is 0 Å². The number of benzene rings is 1. The van der Waals surface area contributed by atoms with Crippen molar-refractivity contribution in [3.05, 3.63) is 33.9 Å². The van der Waals surface area contributed by atoms with Gasteiger partial charge < -0.3 is 10.4 Å². The number of amides is 1. The van der Waals surface area contributed by atoms with E-state index in [1.54, 1.807) is 25.1 Å². The van der Waals surface area contributed by atoms with Crippen LogP contribution in [0.1, 0.15) is 12.5 Å². The summed E-state index contributed by atoms with van der Waals surface area (Å²) in [6.45, 7) is 2.83. The summed E-state index contributed by atoms with van der Waals surface area (Å²) in [5, 5.41) is 22.3. The second-order valence-electron chi connectivity index (χ2n) is 4.08. The molecule has 1 amide bonds. The third kappa shape index (κ3) is 4.23. The first-order valence-electron chi connectivity index (χ1n) is 5.69. The van der Waals surface area contributed by atoms with Crippen molar-refractivity contribution in [2.45, 2.75) is 24.8 Å². The van der Waals surface area contributed by atoms with Crippen LogP contribution in [-0.2, 0) is 9.59 Å². The molecular formula is C12H14N2O5S. The topological polar surface area (TPSA) is 110 Å². The number of carboxylic acid groups (broad SMARTS) is 1. The van der Waals surface area contributed by atoms with Gasteiger partial charge in [0.05, 0.1) is 9.82 Å². The minimum absolute atomic E-state index is 0.0131. The number of carbonyl (C=O) groups excluding carboxylic acids is 1. The van der Waals surface area contributed by atoms with E-state index >= 15 is 0 Å². The lowest BCUT2D eigenvalue weighted by Gasteiger charge is -2.13. The average molecular weight is 298 g/mol. The lowest BCUT2D eigenvalue weighted by molar-refractivity contribution is -0.388. The molecule has 0 saturated carbocycles. The first-order valence-corrected chi connectivity index (χ1v) is 6.68. The molecule has 0 unspecified atom stereocenters.